The van der Waals surface area contributed by atoms with Gasteiger partial charge in [-0.05, 0) is 48.2 Å². The van der Waals surface area contributed by atoms with Gasteiger partial charge in [0, 0.05) is 18.1 Å². The summed E-state index contributed by atoms with van der Waals surface area (Å²) in [7, 11) is 1.94. The van der Waals surface area contributed by atoms with Gasteiger partial charge in [-0.1, -0.05) is 30.3 Å². The van der Waals surface area contributed by atoms with Crippen molar-refractivity contribution in [1.82, 2.24) is 4.98 Å². The zero-order valence-corrected chi connectivity index (χ0v) is 12.6. The molecule has 22 heavy (non-hydrogen) atoms. The Labute approximate surface area is 130 Å². The fraction of sp³-hybridized carbons (Fsp3) is 0.211. The summed E-state index contributed by atoms with van der Waals surface area (Å²) in [6, 6.07) is 19.4. The predicted molar refractivity (Wildman–Crippen MR) is 92.4 cm³/mol. The van der Waals surface area contributed by atoms with E-state index >= 15 is 0 Å². The average molecular weight is 289 g/mol. The number of fused-ring (bicyclic) bond motifs is 2. The molecule has 0 spiro atoms. The number of nitrogens with zero attached hydrogens (tertiary/aromatic N) is 1. The van der Waals surface area contributed by atoms with E-state index in [1.165, 1.54) is 11.1 Å². The minimum atomic E-state index is 0.369. The first-order valence-corrected chi connectivity index (χ1v) is 7.77. The number of hydrogen-bond acceptors (Lipinski definition) is 3. The third-order valence-corrected chi connectivity index (χ3v) is 4.46. The Bertz CT molecular complexity index is 826. The molecule has 1 aliphatic carbocycles. The van der Waals surface area contributed by atoms with E-state index in [9.17, 15) is 0 Å². The van der Waals surface area contributed by atoms with Gasteiger partial charge in [0.25, 0.3) is 0 Å². The second-order valence-corrected chi connectivity index (χ2v) is 5.75. The van der Waals surface area contributed by atoms with Crippen molar-refractivity contribution in [2.45, 2.75) is 18.9 Å². The van der Waals surface area contributed by atoms with Crippen LogP contribution in [0.3, 0.4) is 0 Å². The zero-order chi connectivity index (χ0) is 14.9. The van der Waals surface area contributed by atoms with Crippen LogP contribution in [-0.4, -0.2) is 12.0 Å². The molecule has 0 saturated heterocycles. The standard InChI is InChI=1S/C19H19N3/c1-20-16-7-4-8-17-15(16)10-12-19(21-17)22-18-11-9-13-5-2-3-6-14(13)18/h2-8,10,12,18,20H,9,11H2,1H3,(H,21,22)/t18-/m1/s1. The van der Waals surface area contributed by atoms with Gasteiger partial charge in [-0.15, -0.1) is 0 Å². The Morgan fingerprint density at radius 2 is 1.91 bits per heavy atom. The van der Waals surface area contributed by atoms with Crippen LogP contribution in [0.2, 0.25) is 0 Å². The van der Waals surface area contributed by atoms with E-state index in [0.29, 0.717) is 6.04 Å². The van der Waals surface area contributed by atoms with Gasteiger partial charge >= 0.3 is 0 Å². The molecule has 0 aliphatic heterocycles. The fourth-order valence-corrected chi connectivity index (χ4v) is 3.34. The largest absolute Gasteiger partial charge is 0.388 e. The van der Waals surface area contributed by atoms with Gasteiger partial charge in [0.1, 0.15) is 5.82 Å². The smallest absolute Gasteiger partial charge is 0.127 e. The van der Waals surface area contributed by atoms with E-state index in [2.05, 4.69) is 59.2 Å². The van der Waals surface area contributed by atoms with Crippen LogP contribution in [0.25, 0.3) is 10.9 Å². The lowest BCUT2D eigenvalue weighted by Crippen LogP contribution is -2.08. The van der Waals surface area contributed by atoms with Gasteiger partial charge < -0.3 is 10.6 Å². The first-order valence-electron chi connectivity index (χ1n) is 7.77. The van der Waals surface area contributed by atoms with Crippen molar-refractivity contribution in [2.75, 3.05) is 17.7 Å². The Kier molecular flexibility index (Phi) is 3.19. The Morgan fingerprint density at radius 1 is 1.00 bits per heavy atom. The molecule has 110 valence electrons. The number of aromatic nitrogens is 1. The molecule has 1 heterocycles. The number of benzene rings is 2. The molecule has 0 radical (unpaired) electrons. The molecule has 0 amide bonds. The number of hydrogen-bond donors (Lipinski definition) is 2. The summed E-state index contributed by atoms with van der Waals surface area (Å²) in [4.78, 5) is 4.77. The molecule has 2 N–H and O–H groups in total. The first-order chi connectivity index (χ1) is 10.8. The molecule has 0 bridgehead atoms. The quantitative estimate of drug-likeness (QED) is 0.751. The molecule has 3 aromatic rings. The molecule has 3 heteroatoms. The molecule has 0 fully saturated rings. The van der Waals surface area contributed by atoms with Gasteiger partial charge in [-0.25, -0.2) is 4.98 Å². The van der Waals surface area contributed by atoms with Crippen molar-refractivity contribution >= 4 is 22.4 Å². The number of aryl methyl sites for hydroxylation is 1. The molecule has 1 atom stereocenters. The maximum Gasteiger partial charge on any atom is 0.127 e. The number of pyridine rings is 1. The van der Waals surface area contributed by atoms with E-state index in [0.717, 1.165) is 35.2 Å². The molecular weight excluding hydrogens is 270 g/mol. The highest BCUT2D eigenvalue weighted by Gasteiger charge is 2.21. The topological polar surface area (TPSA) is 37.0 Å². The van der Waals surface area contributed by atoms with E-state index in [4.69, 9.17) is 4.98 Å². The molecule has 3 nitrogen and oxygen atoms in total. The lowest BCUT2D eigenvalue weighted by atomic mass is 10.1. The van der Waals surface area contributed by atoms with E-state index in [-0.39, 0.29) is 0 Å². The molecular formula is C19H19N3. The van der Waals surface area contributed by atoms with E-state index in [1.54, 1.807) is 0 Å². The molecule has 1 aliphatic rings. The second kappa shape index (κ2) is 5.34. The number of rotatable bonds is 3. The SMILES string of the molecule is CNc1cccc2nc(N[C@@H]3CCc4ccccc43)ccc12. The Morgan fingerprint density at radius 3 is 2.82 bits per heavy atom. The lowest BCUT2D eigenvalue weighted by molar-refractivity contribution is 0.758. The summed E-state index contributed by atoms with van der Waals surface area (Å²) in [5, 5.41) is 7.97. The van der Waals surface area contributed by atoms with Gasteiger partial charge in [-0.3, -0.25) is 0 Å². The third kappa shape index (κ3) is 2.19. The maximum absolute atomic E-state index is 4.77. The second-order valence-electron chi connectivity index (χ2n) is 5.75. The van der Waals surface area contributed by atoms with Crippen molar-refractivity contribution < 1.29 is 0 Å². The van der Waals surface area contributed by atoms with Gasteiger partial charge in [0.2, 0.25) is 0 Å². The number of anilines is 2. The van der Waals surface area contributed by atoms with Gasteiger partial charge in [0.05, 0.1) is 11.6 Å². The fourth-order valence-electron chi connectivity index (χ4n) is 3.34. The Hall–Kier alpha value is -2.55. The van der Waals surface area contributed by atoms with Crippen LogP contribution in [0.15, 0.2) is 54.6 Å². The third-order valence-electron chi connectivity index (χ3n) is 4.46. The van der Waals surface area contributed by atoms with E-state index in [1.807, 2.05) is 13.1 Å². The molecule has 0 unspecified atom stereocenters. The summed E-state index contributed by atoms with van der Waals surface area (Å²) in [5.41, 5.74) is 5.00. The highest BCUT2D eigenvalue weighted by atomic mass is 15.0. The van der Waals surface area contributed by atoms with Crippen LogP contribution in [0.1, 0.15) is 23.6 Å². The Balaban J connectivity index is 1.66. The highest BCUT2D eigenvalue weighted by molar-refractivity contribution is 5.92. The van der Waals surface area contributed by atoms with E-state index < -0.39 is 0 Å². The van der Waals surface area contributed by atoms with Gasteiger partial charge in [-0.2, -0.15) is 0 Å². The molecule has 1 aromatic heterocycles. The average Bonchev–Trinajstić information content (AvgIpc) is 2.97. The normalized spacial score (nSPS) is 16.5. The minimum absolute atomic E-state index is 0.369. The zero-order valence-electron chi connectivity index (χ0n) is 12.6. The van der Waals surface area contributed by atoms with Crippen molar-refractivity contribution in [3.05, 3.63) is 65.7 Å². The highest BCUT2D eigenvalue weighted by Crippen LogP contribution is 2.33. The summed E-state index contributed by atoms with van der Waals surface area (Å²) < 4.78 is 0. The summed E-state index contributed by atoms with van der Waals surface area (Å²) in [5.74, 6) is 0.947. The van der Waals surface area contributed by atoms with Crippen LogP contribution in [0.5, 0.6) is 0 Å². The van der Waals surface area contributed by atoms with Crippen LogP contribution in [0.4, 0.5) is 11.5 Å². The first kappa shape index (κ1) is 13.1. The summed E-state index contributed by atoms with van der Waals surface area (Å²) in [6.45, 7) is 0. The monoisotopic (exact) mass is 289 g/mol. The molecule has 0 saturated carbocycles. The molecule has 2 aromatic carbocycles. The van der Waals surface area contributed by atoms with Crippen LogP contribution in [0, 0.1) is 0 Å². The van der Waals surface area contributed by atoms with Crippen molar-refractivity contribution in [2.24, 2.45) is 0 Å². The number of nitrogens with one attached hydrogen (secondary N) is 2. The van der Waals surface area contributed by atoms with Crippen LogP contribution >= 0.6 is 0 Å². The van der Waals surface area contributed by atoms with Crippen molar-refractivity contribution in [3.8, 4) is 0 Å². The minimum Gasteiger partial charge on any atom is -0.388 e. The van der Waals surface area contributed by atoms with Crippen molar-refractivity contribution in [3.63, 3.8) is 0 Å². The predicted octanol–water partition coefficient (Wildman–Crippen LogP) is 4.38. The lowest BCUT2D eigenvalue weighted by Gasteiger charge is -2.15. The van der Waals surface area contributed by atoms with Crippen molar-refractivity contribution in [1.29, 1.82) is 0 Å². The maximum atomic E-state index is 4.77. The summed E-state index contributed by atoms with van der Waals surface area (Å²) in [6.07, 6.45) is 2.28. The van der Waals surface area contributed by atoms with Crippen LogP contribution in [-0.2, 0) is 6.42 Å². The molecule has 4 rings (SSSR count). The summed E-state index contributed by atoms with van der Waals surface area (Å²) >= 11 is 0. The van der Waals surface area contributed by atoms with Gasteiger partial charge in [0.15, 0.2) is 0 Å². The van der Waals surface area contributed by atoms with Crippen LogP contribution < -0.4 is 10.6 Å².